The van der Waals surface area contributed by atoms with Crippen LogP contribution in [0.3, 0.4) is 0 Å². The van der Waals surface area contributed by atoms with Gasteiger partial charge in [0.25, 0.3) is 0 Å². The Morgan fingerprint density at radius 2 is 2.11 bits per heavy atom. The number of nitrogens with zero attached hydrogens (tertiary/aromatic N) is 3. The van der Waals surface area contributed by atoms with Crippen LogP contribution >= 0.6 is 39.9 Å². The Hall–Kier alpha value is -0.410. The molecule has 0 aliphatic carbocycles. The number of likely N-dealkylation sites (tertiary alicyclic amines) is 1. The lowest BCUT2D eigenvalue weighted by Crippen LogP contribution is -2.41. The minimum absolute atomic E-state index is 0. The van der Waals surface area contributed by atoms with Crippen molar-refractivity contribution in [2.45, 2.75) is 33.1 Å². The summed E-state index contributed by atoms with van der Waals surface area (Å²) in [6.07, 6.45) is 2.84. The largest absolute Gasteiger partial charge is 0.356 e. The van der Waals surface area contributed by atoms with E-state index in [1.54, 1.807) is 0 Å². The molecule has 7 heteroatoms. The number of aliphatic imine (C=N–C) groups is 1. The van der Waals surface area contributed by atoms with Crippen LogP contribution in [0.2, 0.25) is 0 Å². The summed E-state index contributed by atoms with van der Waals surface area (Å²) in [4.78, 5) is 9.29. The normalized spacial score (nSPS) is 17.3. The van der Waals surface area contributed by atoms with Crippen molar-refractivity contribution in [1.29, 1.82) is 0 Å². The van der Waals surface area contributed by atoms with Crippen LogP contribution in [0.4, 0.5) is 4.39 Å². The molecule has 4 nitrogen and oxygen atoms in total. The van der Waals surface area contributed by atoms with Crippen LogP contribution in [-0.4, -0.2) is 62.1 Å². The first-order chi connectivity index (χ1) is 12.6. The van der Waals surface area contributed by atoms with Crippen LogP contribution in [0.15, 0.2) is 27.7 Å². The Labute approximate surface area is 189 Å². The van der Waals surface area contributed by atoms with Gasteiger partial charge in [-0.2, -0.15) is 0 Å². The van der Waals surface area contributed by atoms with E-state index in [0.29, 0.717) is 5.92 Å². The van der Waals surface area contributed by atoms with Gasteiger partial charge in [0.15, 0.2) is 5.96 Å². The third kappa shape index (κ3) is 7.85. The van der Waals surface area contributed by atoms with Gasteiger partial charge in [-0.3, -0.25) is 4.99 Å². The van der Waals surface area contributed by atoms with E-state index in [-0.39, 0.29) is 29.8 Å². The van der Waals surface area contributed by atoms with E-state index >= 15 is 0 Å². The van der Waals surface area contributed by atoms with E-state index in [2.05, 4.69) is 49.9 Å². The van der Waals surface area contributed by atoms with Crippen LogP contribution < -0.4 is 5.32 Å². The molecule has 2 rings (SSSR count). The van der Waals surface area contributed by atoms with Gasteiger partial charge in [0.05, 0.1) is 0 Å². The van der Waals surface area contributed by atoms with Crippen LogP contribution in [0.5, 0.6) is 0 Å². The predicted octanol–water partition coefficient (Wildman–Crippen LogP) is 4.38. The fraction of sp³-hybridized carbons (Fsp3) is 0.650. The third-order valence-corrected chi connectivity index (χ3v) is 5.62. The highest BCUT2D eigenvalue weighted by Gasteiger charge is 2.25. The van der Waals surface area contributed by atoms with Crippen molar-refractivity contribution in [1.82, 2.24) is 15.1 Å². The number of nitrogens with one attached hydrogen (secondary N) is 1. The molecule has 1 heterocycles. The molecule has 1 aromatic rings. The maximum atomic E-state index is 13.9. The Balaban J connectivity index is 0.00000364. The topological polar surface area (TPSA) is 30.9 Å². The van der Waals surface area contributed by atoms with Crippen LogP contribution in [0.1, 0.15) is 32.3 Å². The fourth-order valence-corrected chi connectivity index (χ4v) is 3.89. The molecule has 1 N–H and O–H groups in total. The molecule has 0 radical (unpaired) electrons. The lowest BCUT2D eigenvalue weighted by atomic mass is 10.1. The molecular formula is C20H33BrFIN4. The number of halogens is 3. The highest BCUT2D eigenvalue weighted by molar-refractivity contribution is 14.0. The molecule has 0 spiro atoms. The molecule has 1 atom stereocenters. The van der Waals surface area contributed by atoms with E-state index in [9.17, 15) is 4.39 Å². The standard InChI is InChI=1S/C20H32BrFN4.HI/c1-4-25(5-2)14-16-10-12-26(15-16)20(23-3)24-11-6-7-17-8-9-18(21)13-19(17)22;/h8-9,13,16H,4-7,10-12,14-15H2,1-3H3,(H,23,24);1H. The average molecular weight is 555 g/mol. The molecule has 0 amide bonds. The smallest absolute Gasteiger partial charge is 0.193 e. The molecule has 1 aliphatic rings. The Kier molecular flexibility index (Phi) is 11.8. The quantitative estimate of drug-likeness (QED) is 0.224. The molecule has 1 aromatic carbocycles. The average Bonchev–Trinajstić information content (AvgIpc) is 3.09. The number of benzene rings is 1. The molecule has 1 aliphatic heterocycles. The number of guanidine groups is 1. The van der Waals surface area contributed by atoms with Gasteiger partial charge in [0.1, 0.15) is 5.82 Å². The number of hydrogen-bond donors (Lipinski definition) is 1. The molecule has 0 aromatic heterocycles. The highest BCUT2D eigenvalue weighted by atomic mass is 127. The summed E-state index contributed by atoms with van der Waals surface area (Å²) in [7, 11) is 1.84. The second-order valence-electron chi connectivity index (χ2n) is 6.90. The number of hydrogen-bond acceptors (Lipinski definition) is 2. The number of rotatable bonds is 8. The Morgan fingerprint density at radius 1 is 1.37 bits per heavy atom. The lowest BCUT2D eigenvalue weighted by Gasteiger charge is -2.24. The van der Waals surface area contributed by atoms with Crippen molar-refractivity contribution in [2.75, 3.05) is 46.3 Å². The van der Waals surface area contributed by atoms with Gasteiger partial charge in [-0.15, -0.1) is 24.0 Å². The Bertz CT molecular complexity index is 595. The SMILES string of the molecule is CCN(CC)CC1CCN(C(=NC)NCCCc2ccc(Br)cc2F)C1.I. The molecule has 1 unspecified atom stereocenters. The van der Waals surface area contributed by atoms with Gasteiger partial charge in [0, 0.05) is 37.7 Å². The summed E-state index contributed by atoms with van der Waals surface area (Å²) in [5.41, 5.74) is 0.769. The summed E-state index contributed by atoms with van der Waals surface area (Å²) in [6, 6.07) is 5.28. The highest BCUT2D eigenvalue weighted by Crippen LogP contribution is 2.18. The third-order valence-electron chi connectivity index (χ3n) is 5.13. The number of aryl methyl sites for hydroxylation is 1. The lowest BCUT2D eigenvalue weighted by molar-refractivity contribution is 0.255. The molecule has 1 saturated heterocycles. The van der Waals surface area contributed by atoms with Crippen LogP contribution in [-0.2, 0) is 6.42 Å². The zero-order valence-corrected chi connectivity index (χ0v) is 20.6. The maximum absolute atomic E-state index is 13.9. The van der Waals surface area contributed by atoms with Gasteiger partial charge in [-0.1, -0.05) is 35.8 Å². The van der Waals surface area contributed by atoms with E-state index in [1.807, 2.05) is 19.2 Å². The van der Waals surface area contributed by atoms with Crippen molar-refractivity contribution in [3.8, 4) is 0 Å². The minimum Gasteiger partial charge on any atom is -0.356 e. The van der Waals surface area contributed by atoms with Gasteiger partial charge < -0.3 is 15.1 Å². The van der Waals surface area contributed by atoms with Crippen LogP contribution in [0, 0.1) is 11.7 Å². The summed E-state index contributed by atoms with van der Waals surface area (Å²) >= 11 is 3.30. The van der Waals surface area contributed by atoms with Crippen LogP contribution in [0.25, 0.3) is 0 Å². The first-order valence-corrected chi connectivity index (χ1v) is 10.5. The second-order valence-corrected chi connectivity index (χ2v) is 7.82. The monoisotopic (exact) mass is 554 g/mol. The molecular weight excluding hydrogens is 522 g/mol. The Morgan fingerprint density at radius 3 is 2.74 bits per heavy atom. The maximum Gasteiger partial charge on any atom is 0.193 e. The van der Waals surface area contributed by atoms with Crippen molar-refractivity contribution in [2.24, 2.45) is 10.9 Å². The summed E-state index contributed by atoms with van der Waals surface area (Å²) in [6.45, 7) is 10.8. The second kappa shape index (κ2) is 12.9. The van der Waals surface area contributed by atoms with E-state index < -0.39 is 0 Å². The van der Waals surface area contributed by atoms with E-state index in [0.717, 1.165) is 61.6 Å². The van der Waals surface area contributed by atoms with Gasteiger partial charge in [-0.05, 0) is 56.0 Å². The molecule has 1 fully saturated rings. The van der Waals surface area contributed by atoms with E-state index in [4.69, 9.17) is 0 Å². The zero-order chi connectivity index (χ0) is 18.9. The van der Waals surface area contributed by atoms with E-state index in [1.165, 1.54) is 19.0 Å². The van der Waals surface area contributed by atoms with Crippen molar-refractivity contribution >= 4 is 45.9 Å². The van der Waals surface area contributed by atoms with Gasteiger partial charge >= 0.3 is 0 Å². The van der Waals surface area contributed by atoms with Gasteiger partial charge in [0.2, 0.25) is 0 Å². The summed E-state index contributed by atoms with van der Waals surface area (Å²) in [5.74, 6) is 1.55. The molecule has 0 saturated carbocycles. The first kappa shape index (κ1) is 24.6. The predicted molar refractivity (Wildman–Crippen MR) is 127 cm³/mol. The fourth-order valence-electron chi connectivity index (χ4n) is 3.56. The van der Waals surface area contributed by atoms with Crippen molar-refractivity contribution in [3.05, 3.63) is 34.1 Å². The molecule has 154 valence electrons. The first-order valence-electron chi connectivity index (χ1n) is 9.69. The van der Waals surface area contributed by atoms with Crippen molar-refractivity contribution in [3.63, 3.8) is 0 Å². The minimum atomic E-state index is -0.137. The molecule has 27 heavy (non-hydrogen) atoms. The molecule has 0 bridgehead atoms. The van der Waals surface area contributed by atoms with Crippen molar-refractivity contribution < 1.29 is 4.39 Å². The summed E-state index contributed by atoms with van der Waals surface area (Å²) < 4.78 is 14.7. The van der Waals surface area contributed by atoms with Gasteiger partial charge in [-0.25, -0.2) is 4.39 Å². The summed E-state index contributed by atoms with van der Waals surface area (Å²) in [5, 5.41) is 3.44. The zero-order valence-electron chi connectivity index (χ0n) is 16.7.